The third-order valence-corrected chi connectivity index (χ3v) is 3.85. The summed E-state index contributed by atoms with van der Waals surface area (Å²) in [5.41, 5.74) is 7.21. The summed E-state index contributed by atoms with van der Waals surface area (Å²) in [5, 5.41) is 4.30. The molecule has 132 valence electrons. The van der Waals surface area contributed by atoms with Crippen molar-refractivity contribution in [3.63, 3.8) is 0 Å². The van der Waals surface area contributed by atoms with Crippen LogP contribution < -0.4 is 14.9 Å². The molecule has 0 saturated carbocycles. The molecule has 0 aliphatic carbocycles. The van der Waals surface area contributed by atoms with E-state index in [0.29, 0.717) is 18.1 Å². The third-order valence-electron chi connectivity index (χ3n) is 3.85. The quantitative estimate of drug-likeness (QED) is 0.482. The van der Waals surface area contributed by atoms with E-state index in [1.807, 2.05) is 66.7 Å². The average Bonchev–Trinajstić information content (AvgIpc) is 2.67. The van der Waals surface area contributed by atoms with E-state index < -0.39 is 0 Å². The summed E-state index contributed by atoms with van der Waals surface area (Å²) >= 11 is 0. The minimum atomic E-state index is 0.485. The first-order valence-electron chi connectivity index (χ1n) is 8.45. The predicted octanol–water partition coefficient (Wildman–Crippen LogP) is 5.03. The zero-order valence-corrected chi connectivity index (χ0v) is 15.0. The summed E-state index contributed by atoms with van der Waals surface area (Å²) in [4.78, 5) is 0. The number of nitrogens with one attached hydrogen (secondary N) is 1. The highest BCUT2D eigenvalue weighted by Crippen LogP contribution is 2.28. The van der Waals surface area contributed by atoms with E-state index in [0.717, 1.165) is 16.8 Å². The number of hydrogen-bond acceptors (Lipinski definition) is 4. The molecule has 0 aromatic heterocycles. The molecule has 0 saturated heterocycles. The predicted molar refractivity (Wildman–Crippen MR) is 106 cm³/mol. The van der Waals surface area contributed by atoms with Gasteiger partial charge in [0.15, 0.2) is 11.5 Å². The number of hydrogen-bond donors (Lipinski definition) is 1. The second-order valence-electron chi connectivity index (χ2n) is 5.92. The lowest BCUT2D eigenvalue weighted by molar-refractivity contribution is 0.284. The maximum absolute atomic E-state index is 5.93. The summed E-state index contributed by atoms with van der Waals surface area (Å²) in [5.74, 6) is 1.39. The molecule has 1 N–H and O–H groups in total. The van der Waals surface area contributed by atoms with Gasteiger partial charge in [-0.05, 0) is 53.9 Å². The molecule has 0 bridgehead atoms. The smallest absolute Gasteiger partial charge is 0.162 e. The first kappa shape index (κ1) is 17.5. The first-order chi connectivity index (χ1) is 12.7. The minimum Gasteiger partial charge on any atom is -0.493 e. The van der Waals surface area contributed by atoms with Crippen LogP contribution in [0.25, 0.3) is 0 Å². The Balaban J connectivity index is 1.69. The highest BCUT2D eigenvalue weighted by Gasteiger charge is 2.05. The van der Waals surface area contributed by atoms with Gasteiger partial charge in [0.1, 0.15) is 6.61 Å². The number of methoxy groups -OCH3 is 1. The molecule has 0 unspecified atom stereocenters. The molecule has 0 amide bonds. The average molecular weight is 346 g/mol. The molecule has 4 heteroatoms. The largest absolute Gasteiger partial charge is 0.493 e. The van der Waals surface area contributed by atoms with E-state index in [1.54, 1.807) is 13.3 Å². The monoisotopic (exact) mass is 346 g/mol. The van der Waals surface area contributed by atoms with Crippen molar-refractivity contribution in [1.82, 2.24) is 0 Å². The fourth-order valence-corrected chi connectivity index (χ4v) is 2.52. The summed E-state index contributed by atoms with van der Waals surface area (Å²) in [6, 6.07) is 23.9. The van der Waals surface area contributed by atoms with Gasteiger partial charge in [-0.25, -0.2) is 0 Å². The first-order valence-corrected chi connectivity index (χ1v) is 8.45. The molecule has 26 heavy (non-hydrogen) atoms. The van der Waals surface area contributed by atoms with Gasteiger partial charge >= 0.3 is 0 Å². The van der Waals surface area contributed by atoms with Gasteiger partial charge in [-0.1, -0.05) is 42.5 Å². The van der Waals surface area contributed by atoms with E-state index in [1.165, 1.54) is 5.56 Å². The van der Waals surface area contributed by atoms with E-state index in [2.05, 4.69) is 23.5 Å². The van der Waals surface area contributed by atoms with Gasteiger partial charge < -0.3 is 9.47 Å². The van der Waals surface area contributed by atoms with Crippen molar-refractivity contribution in [2.75, 3.05) is 12.5 Å². The van der Waals surface area contributed by atoms with Gasteiger partial charge in [0, 0.05) is 0 Å². The Morgan fingerprint density at radius 1 is 0.923 bits per heavy atom. The number of benzene rings is 3. The molecule has 0 fully saturated rings. The van der Waals surface area contributed by atoms with Crippen LogP contribution in [0.15, 0.2) is 77.9 Å². The Morgan fingerprint density at radius 3 is 2.54 bits per heavy atom. The Hall–Kier alpha value is -3.27. The Morgan fingerprint density at radius 2 is 1.77 bits per heavy atom. The summed E-state index contributed by atoms with van der Waals surface area (Å²) in [6.45, 7) is 2.54. The van der Waals surface area contributed by atoms with Gasteiger partial charge in [0.25, 0.3) is 0 Å². The fourth-order valence-electron chi connectivity index (χ4n) is 2.52. The summed E-state index contributed by atoms with van der Waals surface area (Å²) in [6.07, 6.45) is 1.76. The number of hydrazone groups is 1. The zero-order valence-electron chi connectivity index (χ0n) is 15.0. The van der Waals surface area contributed by atoms with E-state index in [9.17, 15) is 0 Å². The molecule has 0 atom stereocenters. The van der Waals surface area contributed by atoms with Crippen LogP contribution in [0.4, 0.5) is 5.69 Å². The van der Waals surface area contributed by atoms with E-state index in [4.69, 9.17) is 9.47 Å². The number of aryl methyl sites for hydroxylation is 1. The number of nitrogens with zero attached hydrogens (tertiary/aromatic N) is 1. The van der Waals surface area contributed by atoms with Crippen LogP contribution >= 0.6 is 0 Å². The minimum absolute atomic E-state index is 0.485. The van der Waals surface area contributed by atoms with Crippen LogP contribution in [-0.4, -0.2) is 13.3 Å². The van der Waals surface area contributed by atoms with Crippen LogP contribution in [0.2, 0.25) is 0 Å². The van der Waals surface area contributed by atoms with Gasteiger partial charge in [0.2, 0.25) is 0 Å². The van der Waals surface area contributed by atoms with Gasteiger partial charge in [0.05, 0.1) is 19.0 Å². The molecule has 0 aliphatic rings. The maximum Gasteiger partial charge on any atom is 0.162 e. The van der Waals surface area contributed by atoms with E-state index >= 15 is 0 Å². The third kappa shape index (κ3) is 4.86. The lowest BCUT2D eigenvalue weighted by Gasteiger charge is -2.11. The highest BCUT2D eigenvalue weighted by atomic mass is 16.5. The summed E-state index contributed by atoms with van der Waals surface area (Å²) < 4.78 is 11.3. The van der Waals surface area contributed by atoms with Crippen molar-refractivity contribution >= 4 is 11.9 Å². The maximum atomic E-state index is 5.93. The van der Waals surface area contributed by atoms with Crippen molar-refractivity contribution in [3.05, 3.63) is 89.5 Å². The zero-order chi connectivity index (χ0) is 18.2. The molecule has 3 rings (SSSR count). The lowest BCUT2D eigenvalue weighted by Crippen LogP contribution is -1.99. The molecule has 3 aromatic carbocycles. The normalized spacial score (nSPS) is 10.7. The van der Waals surface area contributed by atoms with Crippen LogP contribution in [0, 0.1) is 6.92 Å². The second kappa shape index (κ2) is 8.72. The van der Waals surface area contributed by atoms with Gasteiger partial charge in [-0.2, -0.15) is 5.10 Å². The lowest BCUT2D eigenvalue weighted by atomic mass is 10.2. The molecule has 3 aromatic rings. The van der Waals surface area contributed by atoms with Gasteiger partial charge in [-0.15, -0.1) is 0 Å². The highest BCUT2D eigenvalue weighted by molar-refractivity contribution is 5.81. The molecule has 0 aliphatic heterocycles. The van der Waals surface area contributed by atoms with Crippen molar-refractivity contribution in [3.8, 4) is 11.5 Å². The Bertz CT molecular complexity index is 876. The molecular weight excluding hydrogens is 324 g/mol. The Labute approximate surface area is 154 Å². The molecule has 0 spiro atoms. The SMILES string of the molecule is COc1ccc(C=NNc2cccc(C)c2)cc1OCc1ccccc1. The van der Waals surface area contributed by atoms with Crippen molar-refractivity contribution in [1.29, 1.82) is 0 Å². The van der Waals surface area contributed by atoms with Crippen molar-refractivity contribution in [2.45, 2.75) is 13.5 Å². The van der Waals surface area contributed by atoms with Crippen molar-refractivity contribution in [2.24, 2.45) is 5.10 Å². The van der Waals surface area contributed by atoms with Crippen LogP contribution in [0.1, 0.15) is 16.7 Å². The molecule has 0 radical (unpaired) electrons. The van der Waals surface area contributed by atoms with Crippen LogP contribution in [-0.2, 0) is 6.61 Å². The number of anilines is 1. The van der Waals surface area contributed by atoms with E-state index in [-0.39, 0.29) is 0 Å². The van der Waals surface area contributed by atoms with Gasteiger partial charge in [-0.3, -0.25) is 5.43 Å². The standard InChI is InChI=1S/C22H22N2O2/c1-17-7-6-10-20(13-17)24-23-15-19-11-12-21(25-2)22(14-19)26-16-18-8-4-3-5-9-18/h3-15,24H,16H2,1-2H3. The topological polar surface area (TPSA) is 42.8 Å². The number of ether oxygens (including phenoxy) is 2. The molecule has 4 nitrogen and oxygen atoms in total. The van der Waals surface area contributed by atoms with Crippen molar-refractivity contribution < 1.29 is 9.47 Å². The Kier molecular flexibility index (Phi) is 5.88. The summed E-state index contributed by atoms with van der Waals surface area (Å²) in [7, 11) is 1.64. The fraction of sp³-hybridized carbons (Fsp3) is 0.136. The van der Waals surface area contributed by atoms with Crippen LogP contribution in [0.5, 0.6) is 11.5 Å². The van der Waals surface area contributed by atoms with Crippen LogP contribution in [0.3, 0.4) is 0 Å². The molecular formula is C22H22N2O2. The molecule has 0 heterocycles. The second-order valence-corrected chi connectivity index (χ2v) is 5.92. The number of rotatable bonds is 7.